The van der Waals surface area contributed by atoms with Gasteiger partial charge in [-0.2, -0.15) is 0 Å². The first-order valence-corrected chi connectivity index (χ1v) is 10.8. The quantitative estimate of drug-likeness (QED) is 0.468. The van der Waals surface area contributed by atoms with Crippen molar-refractivity contribution in [3.63, 3.8) is 0 Å². The van der Waals surface area contributed by atoms with Gasteiger partial charge in [0.05, 0.1) is 24.1 Å². The summed E-state index contributed by atoms with van der Waals surface area (Å²) in [6.45, 7) is 5.23. The molecule has 0 spiro atoms. The number of amides is 2. The Bertz CT molecular complexity index is 838. The number of halogens is 1. The van der Waals surface area contributed by atoms with E-state index < -0.39 is 46.3 Å². The average Bonchev–Trinajstić information content (AvgIpc) is 2.83. The fourth-order valence-electron chi connectivity index (χ4n) is 4.85. The first-order valence-electron chi connectivity index (χ1n) is 10.4. The molecule has 31 heavy (non-hydrogen) atoms. The van der Waals surface area contributed by atoms with Gasteiger partial charge in [-0.15, -0.1) is 11.6 Å². The Morgan fingerprint density at radius 3 is 2.52 bits per heavy atom. The van der Waals surface area contributed by atoms with E-state index in [1.165, 1.54) is 0 Å². The zero-order chi connectivity index (χ0) is 22.8. The van der Waals surface area contributed by atoms with Crippen molar-refractivity contribution >= 4 is 36.2 Å². The Morgan fingerprint density at radius 1 is 1.26 bits per heavy atom. The lowest BCUT2D eigenvalue weighted by atomic mass is 9.80. The van der Waals surface area contributed by atoms with Crippen LogP contribution in [0.25, 0.3) is 0 Å². The molecule has 2 aliphatic rings. The number of imide groups is 1. The first kappa shape index (κ1) is 23.4. The number of nitrogens with zero attached hydrogens (tertiary/aromatic N) is 1. The molecule has 0 radical (unpaired) electrons. The molecule has 8 heteroatoms. The van der Waals surface area contributed by atoms with Gasteiger partial charge >= 0.3 is 6.09 Å². The molecule has 7 nitrogen and oxygen atoms in total. The fourth-order valence-corrected chi connectivity index (χ4v) is 5.43. The molecular formula is C23H28ClNO6. The molecule has 168 valence electrons. The highest BCUT2D eigenvalue weighted by Crippen LogP contribution is 2.56. The second kappa shape index (κ2) is 9.09. The summed E-state index contributed by atoms with van der Waals surface area (Å²) in [7, 11) is 0. The van der Waals surface area contributed by atoms with Crippen LogP contribution in [-0.4, -0.2) is 52.6 Å². The van der Waals surface area contributed by atoms with Crippen molar-refractivity contribution in [2.24, 2.45) is 17.8 Å². The molecule has 1 aromatic rings. The minimum absolute atomic E-state index is 0.0234. The molecule has 2 bridgehead atoms. The zero-order valence-corrected chi connectivity index (χ0v) is 18.7. The van der Waals surface area contributed by atoms with Crippen LogP contribution in [0.2, 0.25) is 0 Å². The molecule has 1 saturated heterocycles. The number of rotatable bonds is 7. The van der Waals surface area contributed by atoms with Crippen LogP contribution in [0, 0.1) is 17.8 Å². The summed E-state index contributed by atoms with van der Waals surface area (Å²) in [6, 6.07) is 9.42. The number of ether oxygens (including phenoxy) is 2. The lowest BCUT2D eigenvalue weighted by molar-refractivity contribution is -0.146. The van der Waals surface area contributed by atoms with Crippen molar-refractivity contribution in [2.75, 3.05) is 6.61 Å². The summed E-state index contributed by atoms with van der Waals surface area (Å²) < 4.78 is 11.5. The van der Waals surface area contributed by atoms with E-state index in [4.69, 9.17) is 21.1 Å². The van der Waals surface area contributed by atoms with Crippen LogP contribution < -0.4 is 0 Å². The highest BCUT2D eigenvalue weighted by Gasteiger charge is 2.68. The number of hydrogen-bond acceptors (Lipinski definition) is 6. The predicted molar refractivity (Wildman–Crippen MR) is 113 cm³/mol. The molecule has 2 fully saturated rings. The van der Waals surface area contributed by atoms with Gasteiger partial charge in [-0.3, -0.25) is 4.79 Å². The highest BCUT2D eigenvalue weighted by molar-refractivity contribution is 6.23. The summed E-state index contributed by atoms with van der Waals surface area (Å²) >= 11 is 6.84. The van der Waals surface area contributed by atoms with Gasteiger partial charge in [-0.25, -0.2) is 9.69 Å². The molecule has 1 aliphatic heterocycles. The van der Waals surface area contributed by atoms with E-state index in [1.807, 2.05) is 30.3 Å². The molecular weight excluding hydrogens is 422 g/mol. The van der Waals surface area contributed by atoms with Crippen LogP contribution in [0.1, 0.15) is 39.2 Å². The second-order valence-corrected chi connectivity index (χ2v) is 9.64. The number of hydrogen-bond donors (Lipinski definition) is 0. The van der Waals surface area contributed by atoms with Gasteiger partial charge in [-0.05, 0) is 32.3 Å². The van der Waals surface area contributed by atoms with Gasteiger partial charge in [0, 0.05) is 24.7 Å². The second-order valence-electron chi connectivity index (χ2n) is 9.17. The maximum atomic E-state index is 13.1. The molecule has 1 aliphatic carbocycles. The van der Waals surface area contributed by atoms with Gasteiger partial charge in [0.2, 0.25) is 5.91 Å². The van der Waals surface area contributed by atoms with Crippen molar-refractivity contribution in [3.05, 3.63) is 35.9 Å². The van der Waals surface area contributed by atoms with E-state index >= 15 is 0 Å². The van der Waals surface area contributed by atoms with Crippen molar-refractivity contribution in [1.82, 2.24) is 4.90 Å². The monoisotopic (exact) mass is 449 g/mol. The van der Waals surface area contributed by atoms with Crippen LogP contribution in [0.15, 0.2) is 30.3 Å². The minimum atomic E-state index is -1.36. The topological polar surface area (TPSA) is 90.0 Å². The summed E-state index contributed by atoms with van der Waals surface area (Å²) in [5, 5.41) is -0.742. The van der Waals surface area contributed by atoms with E-state index in [2.05, 4.69) is 0 Å². The first-order chi connectivity index (χ1) is 14.7. The molecule has 5 atom stereocenters. The van der Waals surface area contributed by atoms with Crippen molar-refractivity contribution in [1.29, 1.82) is 0 Å². The van der Waals surface area contributed by atoms with E-state index in [0.29, 0.717) is 6.29 Å². The largest absolute Gasteiger partial charge is 0.443 e. The van der Waals surface area contributed by atoms with Crippen molar-refractivity contribution < 1.29 is 28.7 Å². The third-order valence-electron chi connectivity index (χ3n) is 6.06. The van der Waals surface area contributed by atoms with E-state index in [1.54, 1.807) is 20.8 Å². The molecule has 2 amide bonds. The Kier molecular flexibility index (Phi) is 6.86. The van der Waals surface area contributed by atoms with Crippen LogP contribution in [-0.2, 0) is 30.5 Å². The number of carbonyl (C=O) groups excluding carboxylic acids is 4. The van der Waals surface area contributed by atoms with Crippen LogP contribution in [0.5, 0.6) is 0 Å². The standard InChI is InChI=1S/C23H28ClNO6/c1-22(2,3)31-21(29)25-19(28)11-16-17(12-27)18(9-10-26)23(25,20(16)24)14-30-13-15-7-5-4-6-8-15/h4-8,10,12,16-18,20H,9,11,13-14H2,1-3H3/t16-,17-,18+,20+,23+/m0/s1. The summed E-state index contributed by atoms with van der Waals surface area (Å²) in [5.74, 6) is -2.23. The zero-order valence-electron chi connectivity index (χ0n) is 18.0. The van der Waals surface area contributed by atoms with Crippen LogP contribution in [0.3, 0.4) is 0 Å². The number of alkyl halides is 1. The smallest absolute Gasteiger partial charge is 0.417 e. The number of aldehydes is 2. The van der Waals surface area contributed by atoms with Crippen molar-refractivity contribution in [3.8, 4) is 0 Å². The Labute approximate surface area is 187 Å². The van der Waals surface area contributed by atoms with Crippen molar-refractivity contribution in [2.45, 2.75) is 56.7 Å². The molecule has 3 rings (SSSR count). The number of piperidine rings is 1. The number of carbonyl (C=O) groups is 4. The number of likely N-dealkylation sites (tertiary alicyclic amines) is 1. The number of fused-ring (bicyclic) bond motifs is 2. The average molecular weight is 450 g/mol. The summed E-state index contributed by atoms with van der Waals surface area (Å²) in [6.07, 6.45) is 0.519. The molecule has 0 aromatic heterocycles. The van der Waals surface area contributed by atoms with E-state index in [-0.39, 0.29) is 26.1 Å². The fraction of sp³-hybridized carbons (Fsp3) is 0.565. The lowest BCUT2D eigenvalue weighted by Gasteiger charge is -2.48. The predicted octanol–water partition coefficient (Wildman–Crippen LogP) is 3.37. The van der Waals surface area contributed by atoms with Gasteiger partial charge in [0.1, 0.15) is 18.2 Å². The van der Waals surface area contributed by atoms with Crippen LogP contribution >= 0.6 is 11.6 Å². The summed E-state index contributed by atoms with van der Waals surface area (Å²) in [4.78, 5) is 50.7. The molecule has 1 saturated carbocycles. The van der Waals surface area contributed by atoms with E-state index in [0.717, 1.165) is 16.7 Å². The Hall–Kier alpha value is -2.25. The maximum absolute atomic E-state index is 13.1. The maximum Gasteiger partial charge on any atom is 0.417 e. The normalized spacial score (nSPS) is 30.2. The van der Waals surface area contributed by atoms with Gasteiger partial charge in [0.25, 0.3) is 0 Å². The van der Waals surface area contributed by atoms with Gasteiger partial charge < -0.3 is 19.1 Å². The molecule has 0 N–H and O–H groups in total. The minimum Gasteiger partial charge on any atom is -0.443 e. The molecule has 1 heterocycles. The SMILES string of the molecule is CC(C)(C)OC(=O)N1C(=O)C[C@H]2[C@H](C=O)[C@@H](CC=O)[C@]1(COCc1ccccc1)[C@@H]2Cl. The van der Waals surface area contributed by atoms with Crippen LogP contribution in [0.4, 0.5) is 4.79 Å². The third-order valence-corrected chi connectivity index (χ3v) is 6.76. The third kappa shape index (κ3) is 4.39. The Morgan fingerprint density at radius 2 is 1.94 bits per heavy atom. The Balaban J connectivity index is 2.00. The van der Waals surface area contributed by atoms with Gasteiger partial charge in [0.15, 0.2) is 0 Å². The van der Waals surface area contributed by atoms with Gasteiger partial charge in [-0.1, -0.05) is 30.3 Å². The molecule has 0 unspecified atom stereocenters. The molecule has 1 aromatic carbocycles. The summed E-state index contributed by atoms with van der Waals surface area (Å²) in [5.41, 5.74) is -1.29. The van der Waals surface area contributed by atoms with E-state index in [9.17, 15) is 19.2 Å². The highest BCUT2D eigenvalue weighted by atomic mass is 35.5. The lowest BCUT2D eigenvalue weighted by Crippen LogP contribution is -2.67. The number of benzene rings is 1.